The molecule has 8 nitrogen and oxygen atoms in total. The van der Waals surface area contributed by atoms with Crippen LogP contribution < -0.4 is 15.4 Å². The molecule has 0 spiro atoms. The minimum absolute atomic E-state index is 0.0435. The summed E-state index contributed by atoms with van der Waals surface area (Å²) < 4.78 is 33.1. The van der Waals surface area contributed by atoms with Crippen LogP contribution in [0.15, 0.2) is 24.5 Å². The van der Waals surface area contributed by atoms with Crippen LogP contribution in [0.3, 0.4) is 0 Å². The van der Waals surface area contributed by atoms with Gasteiger partial charge in [-0.05, 0) is 63.1 Å². The first kappa shape index (κ1) is 24.1. The highest BCUT2D eigenvalue weighted by Crippen LogP contribution is 2.38. The zero-order valence-electron chi connectivity index (χ0n) is 20.2. The normalized spacial score (nSPS) is 19.6. The van der Waals surface area contributed by atoms with Crippen molar-refractivity contribution in [2.45, 2.75) is 64.5 Å². The number of aromatic amines is 1. The number of carbonyl (C=O) groups is 2. The van der Waals surface area contributed by atoms with Crippen molar-refractivity contribution in [3.63, 3.8) is 0 Å². The Hall–Kier alpha value is -3.56. The Morgan fingerprint density at radius 1 is 1.14 bits per heavy atom. The highest BCUT2D eigenvalue weighted by Gasteiger charge is 2.29. The molecule has 36 heavy (non-hydrogen) atoms. The zero-order chi connectivity index (χ0) is 25.4. The Bertz CT molecular complexity index is 1300. The Morgan fingerprint density at radius 2 is 1.89 bits per heavy atom. The molecule has 190 valence electrons. The van der Waals surface area contributed by atoms with Gasteiger partial charge in [0.05, 0.1) is 17.7 Å². The number of aromatic nitrogens is 3. The van der Waals surface area contributed by atoms with Crippen LogP contribution in [0.4, 0.5) is 8.78 Å². The summed E-state index contributed by atoms with van der Waals surface area (Å²) in [6, 6.07) is 4.30. The number of rotatable bonds is 8. The maximum atomic E-state index is 13.5. The van der Waals surface area contributed by atoms with Crippen LogP contribution in [-0.2, 0) is 4.79 Å². The summed E-state index contributed by atoms with van der Waals surface area (Å²) in [5.41, 5.74) is 2.61. The van der Waals surface area contributed by atoms with Gasteiger partial charge >= 0.3 is 0 Å². The van der Waals surface area contributed by atoms with Crippen LogP contribution in [0.1, 0.15) is 67.1 Å². The fraction of sp³-hybridized carbons (Fsp3) is 0.462. The quantitative estimate of drug-likeness (QED) is 0.426. The molecule has 0 unspecified atom stereocenters. The van der Waals surface area contributed by atoms with E-state index >= 15 is 0 Å². The molecule has 1 aromatic carbocycles. The average molecular weight is 498 g/mol. The second kappa shape index (κ2) is 9.83. The minimum atomic E-state index is -2.64. The second-order valence-electron chi connectivity index (χ2n) is 9.76. The second-order valence-corrected chi connectivity index (χ2v) is 9.76. The monoisotopic (exact) mass is 497 g/mol. The van der Waals surface area contributed by atoms with Gasteiger partial charge in [-0.2, -0.15) is 0 Å². The molecule has 0 aliphatic heterocycles. The number of fused-ring (bicyclic) bond motifs is 1. The maximum absolute atomic E-state index is 13.5. The van der Waals surface area contributed by atoms with Gasteiger partial charge in [0, 0.05) is 35.8 Å². The highest BCUT2D eigenvalue weighted by molar-refractivity contribution is 6.09. The van der Waals surface area contributed by atoms with E-state index in [1.807, 2.05) is 0 Å². The van der Waals surface area contributed by atoms with Crippen LogP contribution in [0, 0.1) is 12.8 Å². The molecule has 5 rings (SSSR count). The first-order valence-electron chi connectivity index (χ1n) is 12.3. The van der Waals surface area contributed by atoms with E-state index < -0.39 is 6.43 Å². The van der Waals surface area contributed by atoms with E-state index in [0.29, 0.717) is 58.2 Å². The Morgan fingerprint density at radius 3 is 2.58 bits per heavy atom. The Kier molecular flexibility index (Phi) is 6.59. The number of ether oxygens (including phenoxy) is 1. The van der Waals surface area contributed by atoms with E-state index in [1.165, 1.54) is 25.4 Å². The molecule has 2 atom stereocenters. The van der Waals surface area contributed by atoms with Crippen LogP contribution in [0.2, 0.25) is 0 Å². The van der Waals surface area contributed by atoms with Gasteiger partial charge in [-0.3, -0.25) is 9.59 Å². The molecule has 0 saturated heterocycles. The van der Waals surface area contributed by atoms with Crippen LogP contribution in [-0.4, -0.2) is 45.5 Å². The molecule has 2 aliphatic carbocycles. The molecule has 2 fully saturated rings. The van der Waals surface area contributed by atoms with Crippen LogP contribution in [0.5, 0.6) is 5.75 Å². The zero-order valence-corrected chi connectivity index (χ0v) is 20.2. The maximum Gasteiger partial charge on any atom is 0.263 e. The summed E-state index contributed by atoms with van der Waals surface area (Å²) in [6.07, 6.45) is 3.12. The Labute approximate surface area is 207 Å². The first-order chi connectivity index (χ1) is 17.3. The summed E-state index contributed by atoms with van der Waals surface area (Å²) in [5.74, 6) is 0.602. The van der Waals surface area contributed by atoms with Gasteiger partial charge in [-0.25, -0.2) is 18.7 Å². The van der Waals surface area contributed by atoms with Crippen molar-refractivity contribution in [1.29, 1.82) is 0 Å². The number of carbonyl (C=O) groups excluding carboxylic acids is 2. The molecule has 2 heterocycles. The fourth-order valence-electron chi connectivity index (χ4n) is 4.88. The van der Waals surface area contributed by atoms with Crippen LogP contribution >= 0.6 is 0 Å². The third-order valence-electron chi connectivity index (χ3n) is 6.86. The summed E-state index contributed by atoms with van der Waals surface area (Å²) >= 11 is 0. The summed E-state index contributed by atoms with van der Waals surface area (Å²) in [5, 5.41) is 5.96. The van der Waals surface area contributed by atoms with E-state index in [-0.39, 0.29) is 29.5 Å². The van der Waals surface area contributed by atoms with E-state index in [2.05, 4.69) is 25.6 Å². The largest absolute Gasteiger partial charge is 0.493 e. The van der Waals surface area contributed by atoms with Gasteiger partial charge in [0.15, 0.2) is 0 Å². The third kappa shape index (κ3) is 5.03. The van der Waals surface area contributed by atoms with Gasteiger partial charge in [-0.15, -0.1) is 0 Å². The van der Waals surface area contributed by atoms with Crippen molar-refractivity contribution in [3.05, 3.63) is 41.3 Å². The average Bonchev–Trinajstić information content (AvgIpc) is 3.46. The molecule has 3 N–H and O–H groups in total. The molecular weight excluding hydrogens is 468 g/mol. The molecular formula is C26H29F2N5O3. The van der Waals surface area contributed by atoms with Gasteiger partial charge in [0.25, 0.3) is 12.3 Å². The topological polar surface area (TPSA) is 109 Å². The fourth-order valence-corrected chi connectivity index (χ4v) is 4.88. The smallest absolute Gasteiger partial charge is 0.263 e. The van der Waals surface area contributed by atoms with Crippen molar-refractivity contribution in [2.75, 3.05) is 6.61 Å². The number of hydrogen-bond acceptors (Lipinski definition) is 5. The number of amides is 2. The molecule has 2 amide bonds. The number of hydrogen-bond donors (Lipinski definition) is 3. The van der Waals surface area contributed by atoms with Crippen molar-refractivity contribution < 1.29 is 23.1 Å². The van der Waals surface area contributed by atoms with Crippen molar-refractivity contribution in [3.8, 4) is 17.0 Å². The molecule has 2 aromatic heterocycles. The number of H-pyrrole nitrogens is 1. The predicted octanol–water partition coefficient (Wildman–Crippen LogP) is 4.45. The standard InChI is InChI=1S/C26H29F2N5O3/c1-13-21(26(35)33-18-7-6-17(10-18)32-14(2)34)23-24(31-13)22(29-12-30-23)19-9-16(25(27)28)5-8-20(19)36-11-15-3-4-15/h5,8-9,12,15,17-18,25,31H,3-4,6-7,10-11H2,1-2H3,(H,32,34)(H,33,35)/t17-,18+/m1/s1. The predicted molar refractivity (Wildman–Crippen MR) is 130 cm³/mol. The molecule has 3 aromatic rings. The first-order valence-corrected chi connectivity index (χ1v) is 12.3. The summed E-state index contributed by atoms with van der Waals surface area (Å²) in [4.78, 5) is 36.6. The van der Waals surface area contributed by atoms with Crippen molar-refractivity contribution >= 4 is 22.8 Å². The third-order valence-corrected chi connectivity index (χ3v) is 6.86. The van der Waals surface area contributed by atoms with Gasteiger partial charge in [0.1, 0.15) is 23.3 Å². The van der Waals surface area contributed by atoms with Crippen molar-refractivity contribution in [1.82, 2.24) is 25.6 Å². The van der Waals surface area contributed by atoms with E-state index in [1.54, 1.807) is 13.0 Å². The molecule has 0 radical (unpaired) electrons. The highest BCUT2D eigenvalue weighted by atomic mass is 19.3. The number of nitrogens with one attached hydrogen (secondary N) is 3. The minimum Gasteiger partial charge on any atom is -0.493 e. The van der Waals surface area contributed by atoms with Crippen molar-refractivity contribution in [2.24, 2.45) is 5.92 Å². The van der Waals surface area contributed by atoms with Gasteiger partial charge in [0.2, 0.25) is 5.91 Å². The lowest BCUT2D eigenvalue weighted by molar-refractivity contribution is -0.119. The molecule has 2 aliphatic rings. The van der Waals surface area contributed by atoms with E-state index in [9.17, 15) is 18.4 Å². The van der Waals surface area contributed by atoms with Crippen LogP contribution in [0.25, 0.3) is 22.3 Å². The lowest BCUT2D eigenvalue weighted by Gasteiger charge is -2.14. The Balaban J connectivity index is 1.46. The SMILES string of the molecule is CC(=O)N[C@@H]1CC[C@H](NC(=O)c2c(C)[nH]c3c(-c4cc(C(F)F)ccc4OCC4CC4)ncnc23)C1. The lowest BCUT2D eigenvalue weighted by Crippen LogP contribution is -2.36. The number of alkyl halides is 2. The van der Waals surface area contributed by atoms with Gasteiger partial charge in [-0.1, -0.05) is 0 Å². The summed E-state index contributed by atoms with van der Waals surface area (Å²) in [6.45, 7) is 3.78. The number of benzene rings is 1. The van der Waals surface area contributed by atoms with Gasteiger partial charge < -0.3 is 20.4 Å². The number of halogens is 2. The molecule has 2 saturated carbocycles. The van der Waals surface area contributed by atoms with E-state index in [4.69, 9.17) is 4.74 Å². The molecule has 10 heteroatoms. The number of aryl methyl sites for hydroxylation is 1. The van der Waals surface area contributed by atoms with E-state index in [0.717, 1.165) is 25.7 Å². The molecule has 0 bridgehead atoms. The number of nitrogens with zero attached hydrogens (tertiary/aromatic N) is 2. The lowest BCUT2D eigenvalue weighted by atomic mass is 10.0. The summed E-state index contributed by atoms with van der Waals surface area (Å²) in [7, 11) is 0.